The molecule has 226 valence electrons. The highest BCUT2D eigenvalue weighted by Gasteiger charge is 2.39. The molecule has 1 aliphatic rings. The average molecular weight is 578 g/mol. The summed E-state index contributed by atoms with van der Waals surface area (Å²) in [6.45, 7) is 8.47. The van der Waals surface area contributed by atoms with Crippen LogP contribution in [0.2, 0.25) is 6.04 Å². The van der Waals surface area contributed by atoms with Gasteiger partial charge in [0.2, 0.25) is 0 Å². The van der Waals surface area contributed by atoms with E-state index in [4.69, 9.17) is 18.0 Å². The molecule has 0 aliphatic heterocycles. The number of esters is 1. The fourth-order valence-electron chi connectivity index (χ4n) is 5.29. The number of ether oxygens (including phenoxy) is 2. The fourth-order valence-corrected chi connectivity index (χ4v) is 7.90. The van der Waals surface area contributed by atoms with Gasteiger partial charge in [0, 0.05) is 38.5 Å². The highest BCUT2D eigenvalue weighted by Crippen LogP contribution is 2.34. The van der Waals surface area contributed by atoms with Gasteiger partial charge in [0.05, 0.1) is 13.7 Å². The minimum absolute atomic E-state index is 0.341. The van der Waals surface area contributed by atoms with E-state index in [0.29, 0.717) is 39.0 Å². The Balaban J connectivity index is 1.54. The lowest BCUT2D eigenvalue weighted by Crippen LogP contribution is -2.46. The first kappa shape index (κ1) is 34.0. The van der Waals surface area contributed by atoms with Gasteiger partial charge in [-0.2, -0.15) is 0 Å². The Hall–Kier alpha value is -2.20. The molecule has 0 radical (unpaired) electrons. The smallest absolute Gasteiger partial charge is 0.466 e. The summed E-state index contributed by atoms with van der Waals surface area (Å²) in [6, 6.07) is 9.07. The van der Waals surface area contributed by atoms with Gasteiger partial charge in [-0.05, 0) is 81.9 Å². The summed E-state index contributed by atoms with van der Waals surface area (Å²) in [5.74, 6) is 1.18. The van der Waals surface area contributed by atoms with Crippen LogP contribution in [0, 0.1) is 11.8 Å². The third-order valence-corrected chi connectivity index (χ3v) is 10.6. The average Bonchev–Trinajstić information content (AvgIpc) is 2.97. The Morgan fingerprint density at radius 2 is 1.50 bits per heavy atom. The van der Waals surface area contributed by atoms with E-state index in [0.717, 1.165) is 43.1 Å². The first-order chi connectivity index (χ1) is 19.4. The van der Waals surface area contributed by atoms with E-state index in [2.05, 4.69) is 22.2 Å². The number of nitrogens with one attached hydrogen (secondary N) is 1. The van der Waals surface area contributed by atoms with E-state index < -0.39 is 8.80 Å². The Kier molecular flexibility index (Phi) is 16.8. The predicted molar refractivity (Wildman–Crippen MR) is 160 cm³/mol. The van der Waals surface area contributed by atoms with Crippen LogP contribution in [0.25, 0.3) is 6.08 Å². The van der Waals surface area contributed by atoms with Crippen LogP contribution in [-0.2, 0) is 34.0 Å². The zero-order valence-corrected chi connectivity index (χ0v) is 26.1. The van der Waals surface area contributed by atoms with Gasteiger partial charge in [-0.15, -0.1) is 0 Å². The van der Waals surface area contributed by atoms with E-state index >= 15 is 0 Å². The van der Waals surface area contributed by atoms with E-state index in [1.54, 1.807) is 6.08 Å². The number of amides is 1. The second-order valence-electron chi connectivity index (χ2n) is 10.3. The predicted octanol–water partition coefficient (Wildman–Crippen LogP) is 6.56. The molecule has 40 heavy (non-hydrogen) atoms. The number of alkyl carbamates (subject to hydrolysis) is 1. The van der Waals surface area contributed by atoms with Crippen molar-refractivity contribution in [3.05, 3.63) is 41.5 Å². The number of hydrogen-bond acceptors (Lipinski definition) is 7. The van der Waals surface area contributed by atoms with Gasteiger partial charge in [-0.3, -0.25) is 0 Å². The molecule has 0 atom stereocenters. The van der Waals surface area contributed by atoms with Crippen LogP contribution in [0.4, 0.5) is 4.79 Å². The first-order valence-electron chi connectivity index (χ1n) is 15.1. The van der Waals surface area contributed by atoms with Crippen LogP contribution in [0.3, 0.4) is 0 Å². The first-order valence-corrected chi connectivity index (χ1v) is 17.0. The molecule has 1 N–H and O–H groups in total. The summed E-state index contributed by atoms with van der Waals surface area (Å²) in [5, 5.41) is 2.84. The lowest BCUT2D eigenvalue weighted by atomic mass is 9.78. The topological polar surface area (TPSA) is 92.3 Å². The van der Waals surface area contributed by atoms with Gasteiger partial charge in [-0.25, -0.2) is 9.59 Å². The van der Waals surface area contributed by atoms with Gasteiger partial charge in [-0.1, -0.05) is 49.9 Å². The minimum Gasteiger partial charge on any atom is -0.466 e. The van der Waals surface area contributed by atoms with E-state index in [1.807, 2.05) is 32.9 Å². The summed E-state index contributed by atoms with van der Waals surface area (Å²) < 4.78 is 27.6. The number of benzene rings is 1. The molecule has 2 rings (SSSR count). The second kappa shape index (κ2) is 19.8. The molecule has 8 nitrogen and oxygen atoms in total. The Morgan fingerprint density at radius 3 is 2.08 bits per heavy atom. The third-order valence-electron chi connectivity index (χ3n) is 7.41. The van der Waals surface area contributed by atoms with E-state index in [-0.39, 0.29) is 12.1 Å². The number of rotatable bonds is 19. The van der Waals surface area contributed by atoms with Gasteiger partial charge in [0.15, 0.2) is 0 Å². The van der Waals surface area contributed by atoms with Crippen LogP contribution in [0.1, 0.15) is 83.3 Å². The molecule has 0 saturated heterocycles. The van der Waals surface area contributed by atoms with Crippen LogP contribution >= 0.6 is 0 Å². The molecule has 0 spiro atoms. The molecule has 9 heteroatoms. The molecule has 1 aromatic carbocycles. The fraction of sp³-hybridized carbons (Fsp3) is 0.677. The lowest BCUT2D eigenvalue weighted by Gasteiger charge is -2.28. The van der Waals surface area contributed by atoms with Crippen molar-refractivity contribution < 1.29 is 32.3 Å². The Labute approximate surface area is 242 Å². The normalized spacial score (nSPS) is 17.6. The molecule has 1 amide bonds. The number of methoxy groups -OCH3 is 1. The lowest BCUT2D eigenvalue weighted by molar-refractivity contribution is -0.134. The van der Waals surface area contributed by atoms with Crippen LogP contribution < -0.4 is 5.32 Å². The number of carbonyl (C=O) groups is 2. The number of hydrogen-bond donors (Lipinski definition) is 1. The largest absolute Gasteiger partial charge is 0.500 e. The molecule has 1 aliphatic carbocycles. The summed E-state index contributed by atoms with van der Waals surface area (Å²) in [5.41, 5.74) is 2.34. The quantitative estimate of drug-likeness (QED) is 0.0862. The van der Waals surface area contributed by atoms with Gasteiger partial charge in [0.1, 0.15) is 0 Å². The Bertz CT molecular complexity index is 852. The van der Waals surface area contributed by atoms with Crippen LogP contribution in [0.5, 0.6) is 0 Å². The monoisotopic (exact) mass is 577 g/mol. The maximum Gasteiger partial charge on any atom is 0.500 e. The Morgan fingerprint density at radius 1 is 0.900 bits per heavy atom. The SMILES string of the molecule is CCO[Si](CCCNC(=O)OCCC[C@H]1CC[C@H](CCc2ccc(C=CC(=O)OC)cc2)CC1)(OCC)OCC. The van der Waals surface area contributed by atoms with Gasteiger partial charge in [0.25, 0.3) is 0 Å². The number of aryl methyl sites for hydroxylation is 1. The summed E-state index contributed by atoms with van der Waals surface area (Å²) in [7, 11) is -1.28. The van der Waals surface area contributed by atoms with Crippen molar-refractivity contribution in [3.8, 4) is 0 Å². The zero-order valence-electron chi connectivity index (χ0n) is 25.1. The highest BCUT2D eigenvalue weighted by atomic mass is 28.4. The molecule has 1 fully saturated rings. The standard InChI is InChI=1S/C31H51NO7Si/c1-5-37-40(38-6-2,39-7-3)25-9-23-32-31(34)36-24-8-10-26-11-13-27(14-12-26)15-16-28-17-19-29(20-18-28)21-22-30(33)35-4/h17-22,26-27H,5-16,23-25H2,1-4H3,(H,32,34)/t26-,27-. The van der Waals surface area contributed by atoms with Gasteiger partial charge < -0.3 is 28.1 Å². The molecule has 1 saturated carbocycles. The summed E-state index contributed by atoms with van der Waals surface area (Å²) in [6.07, 6.45) is 13.0. The highest BCUT2D eigenvalue weighted by molar-refractivity contribution is 6.60. The maximum atomic E-state index is 12.1. The summed E-state index contributed by atoms with van der Waals surface area (Å²) in [4.78, 5) is 23.3. The van der Waals surface area contributed by atoms with Crippen LogP contribution in [-0.4, -0.2) is 60.9 Å². The zero-order chi connectivity index (χ0) is 29.1. The van der Waals surface area contributed by atoms with Crippen LogP contribution in [0.15, 0.2) is 30.3 Å². The molecule has 0 aromatic heterocycles. The molecular formula is C31H51NO7Si. The molecule has 0 heterocycles. The minimum atomic E-state index is -2.66. The van der Waals surface area contributed by atoms with Crippen molar-refractivity contribution in [1.29, 1.82) is 0 Å². The van der Waals surface area contributed by atoms with Gasteiger partial charge >= 0.3 is 20.9 Å². The molecule has 0 bridgehead atoms. The van der Waals surface area contributed by atoms with E-state index in [9.17, 15) is 9.59 Å². The van der Waals surface area contributed by atoms with Crippen molar-refractivity contribution >= 4 is 26.9 Å². The van der Waals surface area contributed by atoms with Crippen molar-refractivity contribution in [3.63, 3.8) is 0 Å². The summed E-state index contributed by atoms with van der Waals surface area (Å²) >= 11 is 0. The van der Waals surface area contributed by atoms with Crippen molar-refractivity contribution in [2.24, 2.45) is 11.8 Å². The molecule has 0 unspecified atom stereocenters. The molecular weight excluding hydrogens is 526 g/mol. The van der Waals surface area contributed by atoms with Crippen molar-refractivity contribution in [2.75, 3.05) is 40.1 Å². The van der Waals surface area contributed by atoms with Crippen molar-refractivity contribution in [2.45, 2.75) is 84.6 Å². The van der Waals surface area contributed by atoms with E-state index in [1.165, 1.54) is 50.9 Å². The van der Waals surface area contributed by atoms with Crippen molar-refractivity contribution in [1.82, 2.24) is 5.32 Å². The second-order valence-corrected chi connectivity index (χ2v) is 13.0. The maximum absolute atomic E-state index is 12.1. The number of carbonyl (C=O) groups excluding carboxylic acids is 2. The molecule has 1 aromatic rings. The third kappa shape index (κ3) is 13.4.